The van der Waals surface area contributed by atoms with E-state index in [-0.39, 0.29) is 11.6 Å². The van der Waals surface area contributed by atoms with Crippen LogP contribution >= 0.6 is 11.3 Å². The van der Waals surface area contributed by atoms with Gasteiger partial charge in [0, 0.05) is 6.04 Å². The molecule has 2 aromatic rings. The molecule has 0 saturated carbocycles. The van der Waals surface area contributed by atoms with Gasteiger partial charge in [-0.15, -0.1) is 0 Å². The highest BCUT2D eigenvalue weighted by Crippen LogP contribution is 2.32. The Bertz CT molecular complexity index is 627. The summed E-state index contributed by atoms with van der Waals surface area (Å²) in [5.41, 5.74) is 0.600. The van der Waals surface area contributed by atoms with Gasteiger partial charge < -0.3 is 5.32 Å². The number of hydrogen-bond donors (Lipinski definition) is 1. The molecule has 0 radical (unpaired) electrons. The molecular weight excluding hydrogens is 285 g/mol. The van der Waals surface area contributed by atoms with E-state index in [0.717, 1.165) is 17.7 Å². The maximum absolute atomic E-state index is 12.6. The van der Waals surface area contributed by atoms with E-state index in [2.05, 4.69) is 5.32 Å². The molecule has 20 heavy (non-hydrogen) atoms. The van der Waals surface area contributed by atoms with Crippen molar-refractivity contribution in [1.29, 1.82) is 5.26 Å². The first-order chi connectivity index (χ1) is 9.41. The number of benzene rings is 1. The van der Waals surface area contributed by atoms with E-state index >= 15 is 0 Å². The van der Waals surface area contributed by atoms with E-state index in [4.69, 9.17) is 5.26 Å². The Morgan fingerprint density at radius 3 is 2.60 bits per heavy atom. The summed E-state index contributed by atoms with van der Waals surface area (Å²) in [4.78, 5) is 0. The molecule has 0 aliphatic rings. The minimum absolute atomic E-state index is 0.0121. The predicted octanol–water partition coefficient (Wildman–Crippen LogP) is 4.81. The van der Waals surface area contributed by atoms with E-state index < -0.39 is 11.7 Å². The minimum Gasteiger partial charge on any atom is -0.377 e. The van der Waals surface area contributed by atoms with Crippen LogP contribution in [0.5, 0.6) is 0 Å². The lowest BCUT2D eigenvalue weighted by Crippen LogP contribution is -2.09. The molecule has 1 atom stereocenters. The highest BCUT2D eigenvalue weighted by atomic mass is 32.1. The fourth-order valence-corrected chi connectivity index (χ4v) is 2.53. The standard InChI is InChI=1S/C14H11F3N2S/c1-9(10-4-5-20-8-10)19-13-3-2-12(14(15,16)17)6-11(13)7-18/h2-6,8-9,19H,1H3. The molecule has 0 amide bonds. The topological polar surface area (TPSA) is 35.8 Å². The van der Waals surface area contributed by atoms with E-state index in [0.29, 0.717) is 5.69 Å². The van der Waals surface area contributed by atoms with Gasteiger partial charge in [0.15, 0.2) is 0 Å². The largest absolute Gasteiger partial charge is 0.416 e. The van der Waals surface area contributed by atoms with Crippen LogP contribution in [0.3, 0.4) is 0 Å². The van der Waals surface area contributed by atoms with Crippen LogP contribution in [-0.2, 0) is 6.18 Å². The summed E-state index contributed by atoms with van der Waals surface area (Å²) < 4.78 is 37.8. The molecule has 0 saturated heterocycles. The second-order valence-electron chi connectivity index (χ2n) is 4.29. The maximum Gasteiger partial charge on any atom is 0.416 e. The Kier molecular flexibility index (Phi) is 4.00. The maximum atomic E-state index is 12.6. The van der Waals surface area contributed by atoms with Gasteiger partial charge in [-0.3, -0.25) is 0 Å². The second kappa shape index (κ2) is 5.55. The number of nitrogens with one attached hydrogen (secondary N) is 1. The summed E-state index contributed by atoms with van der Waals surface area (Å²) >= 11 is 1.54. The highest BCUT2D eigenvalue weighted by Gasteiger charge is 2.31. The van der Waals surface area contributed by atoms with Gasteiger partial charge in [0.2, 0.25) is 0 Å². The molecule has 1 aromatic heterocycles. The molecule has 6 heteroatoms. The minimum atomic E-state index is -4.44. The van der Waals surface area contributed by atoms with Crippen LogP contribution in [0.15, 0.2) is 35.0 Å². The van der Waals surface area contributed by atoms with Crippen molar-refractivity contribution in [3.8, 4) is 6.07 Å². The lowest BCUT2D eigenvalue weighted by atomic mass is 10.1. The average Bonchev–Trinajstić information content (AvgIpc) is 2.91. The number of anilines is 1. The Morgan fingerprint density at radius 2 is 2.05 bits per heavy atom. The van der Waals surface area contributed by atoms with Gasteiger partial charge in [0.25, 0.3) is 0 Å². The number of alkyl halides is 3. The summed E-state index contributed by atoms with van der Waals surface area (Å²) in [5, 5.41) is 15.9. The highest BCUT2D eigenvalue weighted by molar-refractivity contribution is 7.07. The van der Waals surface area contributed by atoms with Crippen LogP contribution in [0.4, 0.5) is 18.9 Å². The van der Waals surface area contributed by atoms with Gasteiger partial charge >= 0.3 is 6.18 Å². The predicted molar refractivity (Wildman–Crippen MR) is 72.5 cm³/mol. The Hall–Kier alpha value is -2.00. The smallest absolute Gasteiger partial charge is 0.377 e. The average molecular weight is 296 g/mol. The molecule has 0 spiro atoms. The van der Waals surface area contributed by atoms with Crippen molar-refractivity contribution in [3.63, 3.8) is 0 Å². The summed E-state index contributed by atoms with van der Waals surface area (Å²) in [6, 6.07) is 6.78. The Morgan fingerprint density at radius 1 is 1.30 bits per heavy atom. The number of halogens is 3. The van der Waals surface area contributed by atoms with Crippen molar-refractivity contribution in [1.82, 2.24) is 0 Å². The van der Waals surface area contributed by atoms with E-state index in [9.17, 15) is 13.2 Å². The zero-order valence-electron chi connectivity index (χ0n) is 10.5. The molecule has 1 heterocycles. The summed E-state index contributed by atoms with van der Waals surface area (Å²) in [6.07, 6.45) is -4.44. The summed E-state index contributed by atoms with van der Waals surface area (Å²) in [6.45, 7) is 1.89. The zero-order valence-corrected chi connectivity index (χ0v) is 11.3. The molecule has 0 fully saturated rings. The first-order valence-corrected chi connectivity index (χ1v) is 6.76. The lowest BCUT2D eigenvalue weighted by molar-refractivity contribution is -0.137. The summed E-state index contributed by atoms with van der Waals surface area (Å²) in [5.74, 6) is 0. The van der Waals surface area contributed by atoms with Crippen LogP contribution in [0, 0.1) is 11.3 Å². The van der Waals surface area contributed by atoms with Crippen LogP contribution in [0.1, 0.15) is 29.7 Å². The van der Waals surface area contributed by atoms with Gasteiger partial charge in [0.1, 0.15) is 6.07 Å². The molecular formula is C14H11F3N2S. The normalized spacial score (nSPS) is 12.8. The van der Waals surface area contributed by atoms with Gasteiger partial charge in [-0.1, -0.05) is 0 Å². The Labute approximate surface area is 118 Å². The number of rotatable bonds is 3. The number of nitriles is 1. The lowest BCUT2D eigenvalue weighted by Gasteiger charge is -2.16. The van der Waals surface area contributed by atoms with Crippen molar-refractivity contribution >= 4 is 17.0 Å². The van der Waals surface area contributed by atoms with E-state index in [1.54, 1.807) is 17.4 Å². The number of hydrogen-bond acceptors (Lipinski definition) is 3. The number of thiophene rings is 1. The van der Waals surface area contributed by atoms with E-state index in [1.807, 2.05) is 23.8 Å². The third-order valence-electron chi connectivity index (χ3n) is 2.88. The van der Waals surface area contributed by atoms with Crippen LogP contribution in [0.2, 0.25) is 0 Å². The Balaban J connectivity index is 2.27. The van der Waals surface area contributed by atoms with E-state index in [1.165, 1.54) is 6.07 Å². The molecule has 104 valence electrons. The van der Waals surface area contributed by atoms with Crippen LogP contribution in [-0.4, -0.2) is 0 Å². The molecule has 1 unspecified atom stereocenters. The van der Waals surface area contributed by atoms with Crippen molar-refractivity contribution in [3.05, 3.63) is 51.7 Å². The van der Waals surface area contributed by atoms with Gasteiger partial charge in [-0.25, -0.2) is 0 Å². The van der Waals surface area contributed by atoms with Crippen molar-refractivity contribution in [2.24, 2.45) is 0 Å². The molecule has 2 nitrogen and oxygen atoms in total. The first kappa shape index (κ1) is 14.4. The van der Waals surface area contributed by atoms with Crippen molar-refractivity contribution in [2.75, 3.05) is 5.32 Å². The quantitative estimate of drug-likeness (QED) is 0.882. The van der Waals surface area contributed by atoms with Crippen LogP contribution < -0.4 is 5.32 Å². The monoisotopic (exact) mass is 296 g/mol. The van der Waals surface area contributed by atoms with Gasteiger partial charge in [0.05, 0.1) is 16.8 Å². The second-order valence-corrected chi connectivity index (χ2v) is 5.07. The van der Waals surface area contributed by atoms with Crippen molar-refractivity contribution in [2.45, 2.75) is 19.1 Å². The summed E-state index contributed by atoms with van der Waals surface area (Å²) in [7, 11) is 0. The molecule has 0 aliphatic heterocycles. The molecule has 1 N–H and O–H groups in total. The zero-order chi connectivity index (χ0) is 14.8. The molecule has 0 aliphatic carbocycles. The SMILES string of the molecule is CC(Nc1ccc(C(F)(F)F)cc1C#N)c1ccsc1. The molecule has 0 bridgehead atoms. The van der Waals surface area contributed by atoms with Gasteiger partial charge in [-0.2, -0.15) is 29.8 Å². The molecule has 2 rings (SSSR count). The van der Waals surface area contributed by atoms with Gasteiger partial charge in [-0.05, 0) is 47.5 Å². The number of nitrogens with zero attached hydrogens (tertiary/aromatic N) is 1. The molecule has 1 aromatic carbocycles. The van der Waals surface area contributed by atoms with Crippen LogP contribution in [0.25, 0.3) is 0 Å². The fraction of sp³-hybridized carbons (Fsp3) is 0.214. The van der Waals surface area contributed by atoms with Crippen molar-refractivity contribution < 1.29 is 13.2 Å². The third kappa shape index (κ3) is 3.11. The first-order valence-electron chi connectivity index (χ1n) is 5.82. The fourth-order valence-electron chi connectivity index (χ4n) is 1.78. The third-order valence-corrected chi connectivity index (χ3v) is 3.58.